The van der Waals surface area contributed by atoms with Crippen LogP contribution in [0.25, 0.3) is 10.1 Å². The number of rotatable bonds is 1. The van der Waals surface area contributed by atoms with Gasteiger partial charge in [0.2, 0.25) is 0 Å². The number of thiophene rings is 1. The SMILES string of the molecule is CSc1cc(O)c(Br)c2sccc12. The van der Waals surface area contributed by atoms with E-state index in [9.17, 15) is 5.11 Å². The van der Waals surface area contributed by atoms with Crippen LogP contribution in [-0.2, 0) is 0 Å². The van der Waals surface area contributed by atoms with Gasteiger partial charge in [0.15, 0.2) is 0 Å². The maximum absolute atomic E-state index is 9.59. The molecule has 0 atom stereocenters. The van der Waals surface area contributed by atoms with Crippen molar-refractivity contribution in [2.75, 3.05) is 6.26 Å². The average molecular weight is 275 g/mol. The van der Waals surface area contributed by atoms with Crippen molar-refractivity contribution in [3.63, 3.8) is 0 Å². The minimum absolute atomic E-state index is 0.319. The van der Waals surface area contributed by atoms with E-state index < -0.39 is 0 Å². The first-order valence-electron chi connectivity index (χ1n) is 3.66. The molecule has 0 radical (unpaired) electrons. The Balaban J connectivity index is 2.87. The number of benzene rings is 1. The lowest BCUT2D eigenvalue weighted by molar-refractivity contribution is 0.472. The van der Waals surface area contributed by atoms with Gasteiger partial charge in [0.05, 0.1) is 9.17 Å². The first-order chi connectivity index (χ1) is 6.24. The van der Waals surface area contributed by atoms with E-state index in [0.717, 1.165) is 14.1 Å². The highest BCUT2D eigenvalue weighted by Gasteiger charge is 2.09. The summed E-state index contributed by atoms with van der Waals surface area (Å²) in [6.45, 7) is 0. The molecule has 0 spiro atoms. The number of hydrogen-bond donors (Lipinski definition) is 1. The third-order valence-electron chi connectivity index (χ3n) is 1.84. The van der Waals surface area contributed by atoms with Gasteiger partial charge in [-0.2, -0.15) is 0 Å². The molecule has 0 saturated heterocycles. The Kier molecular flexibility index (Phi) is 2.53. The van der Waals surface area contributed by atoms with Crippen molar-refractivity contribution in [1.82, 2.24) is 0 Å². The van der Waals surface area contributed by atoms with Crippen LogP contribution in [0.4, 0.5) is 0 Å². The molecule has 1 N–H and O–H groups in total. The van der Waals surface area contributed by atoms with Gasteiger partial charge in [0.1, 0.15) is 5.75 Å². The molecule has 0 aliphatic heterocycles. The van der Waals surface area contributed by atoms with Crippen molar-refractivity contribution >= 4 is 49.1 Å². The van der Waals surface area contributed by atoms with Gasteiger partial charge in [-0.3, -0.25) is 0 Å². The van der Waals surface area contributed by atoms with Gasteiger partial charge in [-0.25, -0.2) is 0 Å². The molecule has 0 saturated carbocycles. The van der Waals surface area contributed by atoms with E-state index in [1.54, 1.807) is 29.2 Å². The quantitative estimate of drug-likeness (QED) is 0.791. The van der Waals surface area contributed by atoms with Crippen LogP contribution < -0.4 is 0 Å². The zero-order valence-corrected chi connectivity index (χ0v) is 10.1. The number of thioether (sulfide) groups is 1. The Morgan fingerprint density at radius 3 is 3.00 bits per heavy atom. The summed E-state index contributed by atoms with van der Waals surface area (Å²) in [7, 11) is 0. The van der Waals surface area contributed by atoms with Crippen LogP contribution in [0.3, 0.4) is 0 Å². The van der Waals surface area contributed by atoms with Crippen molar-refractivity contribution in [2.24, 2.45) is 0 Å². The molecule has 0 aliphatic carbocycles. The molecule has 0 aliphatic rings. The fourth-order valence-corrected chi connectivity index (χ4v) is 3.37. The standard InChI is InChI=1S/C9H7BrOS2/c1-12-7-4-6(11)8(10)9-5(7)2-3-13-9/h2-4,11H,1H3. The molecule has 0 amide bonds. The molecular weight excluding hydrogens is 268 g/mol. The molecular formula is C9H7BrOS2. The first-order valence-corrected chi connectivity index (χ1v) is 6.56. The molecule has 13 heavy (non-hydrogen) atoms. The molecule has 1 aromatic carbocycles. The summed E-state index contributed by atoms with van der Waals surface area (Å²) >= 11 is 6.66. The second kappa shape index (κ2) is 3.52. The van der Waals surface area contributed by atoms with Crippen LogP contribution in [0.2, 0.25) is 0 Å². The van der Waals surface area contributed by atoms with Crippen LogP contribution in [0, 0.1) is 0 Å². The number of phenolic OH excluding ortho intramolecular Hbond substituents is 1. The van der Waals surface area contributed by atoms with Crippen LogP contribution in [0.1, 0.15) is 0 Å². The number of halogens is 1. The van der Waals surface area contributed by atoms with Gasteiger partial charge in [0, 0.05) is 10.3 Å². The Bertz CT molecular complexity index is 450. The summed E-state index contributed by atoms with van der Waals surface area (Å²) in [5.74, 6) is 0.319. The zero-order chi connectivity index (χ0) is 9.42. The fourth-order valence-electron chi connectivity index (χ4n) is 1.22. The third kappa shape index (κ3) is 1.47. The minimum atomic E-state index is 0.319. The van der Waals surface area contributed by atoms with E-state index in [0.29, 0.717) is 5.75 Å². The van der Waals surface area contributed by atoms with E-state index in [-0.39, 0.29) is 0 Å². The van der Waals surface area contributed by atoms with Gasteiger partial charge in [0.25, 0.3) is 0 Å². The van der Waals surface area contributed by atoms with E-state index in [2.05, 4.69) is 22.0 Å². The second-order valence-electron chi connectivity index (χ2n) is 2.58. The topological polar surface area (TPSA) is 20.2 Å². The summed E-state index contributed by atoms with van der Waals surface area (Å²) in [5.41, 5.74) is 0. The number of hydrogen-bond acceptors (Lipinski definition) is 3. The predicted molar refractivity (Wildman–Crippen MR) is 63.0 cm³/mol. The van der Waals surface area contributed by atoms with Crippen molar-refractivity contribution < 1.29 is 5.11 Å². The summed E-state index contributed by atoms with van der Waals surface area (Å²) in [6, 6.07) is 3.87. The molecule has 0 unspecified atom stereocenters. The molecule has 0 fully saturated rings. The lowest BCUT2D eigenvalue weighted by atomic mass is 10.2. The van der Waals surface area contributed by atoms with Crippen molar-refractivity contribution in [2.45, 2.75) is 4.90 Å². The highest BCUT2D eigenvalue weighted by molar-refractivity contribution is 9.10. The predicted octanol–water partition coefficient (Wildman–Crippen LogP) is 4.09. The summed E-state index contributed by atoms with van der Waals surface area (Å²) in [4.78, 5) is 1.12. The molecule has 2 rings (SSSR count). The van der Waals surface area contributed by atoms with Gasteiger partial charge in [-0.15, -0.1) is 23.1 Å². The van der Waals surface area contributed by atoms with Gasteiger partial charge in [-0.1, -0.05) is 0 Å². The van der Waals surface area contributed by atoms with Gasteiger partial charge >= 0.3 is 0 Å². The molecule has 2 aromatic rings. The Labute approximate surface area is 92.9 Å². The minimum Gasteiger partial charge on any atom is -0.507 e. The zero-order valence-electron chi connectivity index (χ0n) is 6.87. The van der Waals surface area contributed by atoms with Crippen LogP contribution in [-0.4, -0.2) is 11.4 Å². The molecule has 0 bridgehead atoms. The smallest absolute Gasteiger partial charge is 0.132 e. The molecule has 4 heteroatoms. The summed E-state index contributed by atoms with van der Waals surface area (Å²) in [6.07, 6.45) is 2.01. The molecule has 1 aromatic heterocycles. The Morgan fingerprint density at radius 1 is 1.54 bits per heavy atom. The number of fused-ring (bicyclic) bond motifs is 1. The van der Waals surface area contributed by atoms with Gasteiger partial charge < -0.3 is 5.11 Å². The maximum atomic E-state index is 9.59. The molecule has 1 heterocycles. The Morgan fingerprint density at radius 2 is 2.31 bits per heavy atom. The van der Waals surface area contributed by atoms with E-state index in [1.807, 2.05) is 11.6 Å². The van der Waals surface area contributed by atoms with Gasteiger partial charge in [-0.05, 0) is 39.7 Å². The molecule has 1 nitrogen and oxygen atoms in total. The highest BCUT2D eigenvalue weighted by Crippen LogP contribution is 2.40. The van der Waals surface area contributed by atoms with Crippen molar-refractivity contribution in [3.8, 4) is 5.75 Å². The fraction of sp³-hybridized carbons (Fsp3) is 0.111. The largest absolute Gasteiger partial charge is 0.507 e. The molecule has 68 valence electrons. The number of aromatic hydroxyl groups is 1. The summed E-state index contributed by atoms with van der Waals surface area (Å²) < 4.78 is 1.92. The second-order valence-corrected chi connectivity index (χ2v) is 5.13. The monoisotopic (exact) mass is 274 g/mol. The lowest BCUT2D eigenvalue weighted by Gasteiger charge is -2.03. The lowest BCUT2D eigenvalue weighted by Crippen LogP contribution is -1.74. The van der Waals surface area contributed by atoms with Crippen LogP contribution in [0.15, 0.2) is 26.9 Å². The maximum Gasteiger partial charge on any atom is 0.132 e. The van der Waals surface area contributed by atoms with Crippen LogP contribution >= 0.6 is 39.0 Å². The van der Waals surface area contributed by atoms with E-state index >= 15 is 0 Å². The third-order valence-corrected chi connectivity index (χ3v) is 4.62. The van der Waals surface area contributed by atoms with E-state index in [4.69, 9.17) is 0 Å². The normalized spacial score (nSPS) is 10.9. The van der Waals surface area contributed by atoms with Crippen LogP contribution in [0.5, 0.6) is 5.75 Å². The van der Waals surface area contributed by atoms with Crippen molar-refractivity contribution in [3.05, 3.63) is 22.0 Å². The first kappa shape index (κ1) is 9.37. The van der Waals surface area contributed by atoms with E-state index in [1.165, 1.54) is 5.39 Å². The average Bonchev–Trinajstić information content (AvgIpc) is 2.60. The summed E-state index contributed by atoms with van der Waals surface area (Å²) in [5, 5.41) is 12.8. The Hall–Kier alpha value is -0.190. The van der Waals surface area contributed by atoms with Crippen molar-refractivity contribution in [1.29, 1.82) is 0 Å². The highest BCUT2D eigenvalue weighted by atomic mass is 79.9. The number of phenols is 1.